The third-order valence-corrected chi connectivity index (χ3v) is 9.05. The lowest BCUT2D eigenvalue weighted by atomic mass is 10.1. The molecule has 0 heterocycles. The van der Waals surface area contributed by atoms with E-state index in [0.29, 0.717) is 33.3 Å². The average Bonchev–Trinajstić information content (AvgIpc) is 2.89. The summed E-state index contributed by atoms with van der Waals surface area (Å²) in [4.78, 5) is 28.9. The molecule has 0 unspecified atom stereocenters. The number of carbonyl (C=O) groups is 2. The Morgan fingerprint density at radius 1 is 0.902 bits per heavy atom. The molecule has 0 aliphatic rings. The Morgan fingerprint density at radius 2 is 1.54 bits per heavy atom. The van der Waals surface area contributed by atoms with E-state index in [-0.39, 0.29) is 23.4 Å². The molecule has 0 aromatic heterocycles. The lowest BCUT2D eigenvalue weighted by molar-refractivity contribution is -0.140. The smallest absolute Gasteiger partial charge is 0.264 e. The van der Waals surface area contributed by atoms with Crippen molar-refractivity contribution in [3.8, 4) is 0 Å². The second-order valence-electron chi connectivity index (χ2n) is 10.5. The van der Waals surface area contributed by atoms with Gasteiger partial charge in [-0.1, -0.05) is 66.0 Å². The molecule has 1 atom stereocenters. The maximum atomic E-state index is 14.2. The summed E-state index contributed by atoms with van der Waals surface area (Å²) in [5.41, 5.74) is 3.42. The molecule has 1 N–H and O–H groups in total. The van der Waals surface area contributed by atoms with Crippen LogP contribution in [-0.4, -0.2) is 43.8 Å². The van der Waals surface area contributed by atoms with Crippen LogP contribution in [0.2, 0.25) is 10.0 Å². The summed E-state index contributed by atoms with van der Waals surface area (Å²) in [5.74, 6) is -0.876. The van der Waals surface area contributed by atoms with Gasteiger partial charge in [0.25, 0.3) is 10.0 Å². The van der Waals surface area contributed by atoms with Crippen molar-refractivity contribution in [1.82, 2.24) is 10.2 Å². The molecule has 3 aromatic rings. The van der Waals surface area contributed by atoms with Gasteiger partial charge >= 0.3 is 0 Å². The number of amides is 2. The normalized spacial score (nSPS) is 12.2. The number of carbonyl (C=O) groups excluding carboxylic acids is 2. The van der Waals surface area contributed by atoms with E-state index in [4.69, 9.17) is 23.2 Å². The van der Waals surface area contributed by atoms with Crippen molar-refractivity contribution in [3.05, 3.63) is 93.0 Å². The van der Waals surface area contributed by atoms with Gasteiger partial charge in [-0.15, -0.1) is 0 Å². The molecule has 220 valence electrons. The lowest BCUT2D eigenvalue weighted by Crippen LogP contribution is -2.53. The minimum absolute atomic E-state index is 0.00984. The van der Waals surface area contributed by atoms with Crippen molar-refractivity contribution < 1.29 is 18.0 Å². The molecule has 41 heavy (non-hydrogen) atoms. The number of benzene rings is 3. The predicted octanol–water partition coefficient (Wildman–Crippen LogP) is 6.45. The third kappa shape index (κ3) is 8.03. The van der Waals surface area contributed by atoms with Gasteiger partial charge in [0, 0.05) is 22.6 Å². The lowest BCUT2D eigenvalue weighted by Gasteiger charge is -2.34. The zero-order chi connectivity index (χ0) is 30.5. The van der Waals surface area contributed by atoms with Crippen LogP contribution in [0.4, 0.5) is 5.69 Å². The zero-order valence-corrected chi connectivity index (χ0v) is 26.6. The van der Waals surface area contributed by atoms with Crippen molar-refractivity contribution in [2.45, 2.75) is 71.5 Å². The molecule has 0 aliphatic heterocycles. The molecule has 3 rings (SSSR count). The number of halogens is 2. The molecule has 0 spiro atoms. The van der Waals surface area contributed by atoms with E-state index in [1.54, 1.807) is 50.2 Å². The molecule has 0 radical (unpaired) electrons. The first-order valence-electron chi connectivity index (χ1n) is 13.4. The minimum Gasteiger partial charge on any atom is -0.352 e. The fourth-order valence-electron chi connectivity index (χ4n) is 4.47. The van der Waals surface area contributed by atoms with Crippen molar-refractivity contribution in [2.24, 2.45) is 0 Å². The summed E-state index contributed by atoms with van der Waals surface area (Å²) in [5, 5.41) is 3.66. The van der Waals surface area contributed by atoms with E-state index in [1.165, 1.54) is 17.0 Å². The average molecular weight is 619 g/mol. The Labute approximate surface area is 253 Å². The number of sulfonamides is 1. The highest BCUT2D eigenvalue weighted by atomic mass is 35.5. The second-order valence-corrected chi connectivity index (χ2v) is 13.2. The standard InChI is InChI=1S/C31H37Cl2N3O4S/c1-7-28(31(38)34-20(2)3)35(18-24-12-13-25(32)17-27(24)33)30(37)19-36(29-16-22(5)8-11-23(29)6)41(39,40)26-14-9-21(4)10-15-26/h8-17,20,28H,7,18-19H2,1-6H3,(H,34,38)/t28-/m1/s1. The highest BCUT2D eigenvalue weighted by molar-refractivity contribution is 7.92. The van der Waals surface area contributed by atoms with E-state index < -0.39 is 28.5 Å². The van der Waals surface area contributed by atoms with Crippen molar-refractivity contribution in [3.63, 3.8) is 0 Å². The van der Waals surface area contributed by atoms with Gasteiger partial charge in [0.05, 0.1) is 10.6 Å². The molecule has 0 bridgehead atoms. The summed E-state index contributed by atoms with van der Waals surface area (Å²) in [6, 6.07) is 15.9. The highest BCUT2D eigenvalue weighted by Gasteiger charge is 2.34. The number of hydrogen-bond donors (Lipinski definition) is 1. The van der Waals surface area contributed by atoms with Crippen LogP contribution in [0.5, 0.6) is 0 Å². The van der Waals surface area contributed by atoms with Crippen LogP contribution in [0.25, 0.3) is 0 Å². The van der Waals surface area contributed by atoms with Crippen LogP contribution in [0.3, 0.4) is 0 Å². The van der Waals surface area contributed by atoms with Gasteiger partial charge in [0.15, 0.2) is 0 Å². The van der Waals surface area contributed by atoms with Crippen LogP contribution in [-0.2, 0) is 26.2 Å². The monoisotopic (exact) mass is 617 g/mol. The predicted molar refractivity (Wildman–Crippen MR) is 166 cm³/mol. The van der Waals surface area contributed by atoms with Crippen LogP contribution >= 0.6 is 23.2 Å². The molecule has 7 nitrogen and oxygen atoms in total. The molecule has 3 aromatic carbocycles. The topological polar surface area (TPSA) is 86.8 Å². The quantitative estimate of drug-likeness (QED) is 0.268. The number of nitrogens with one attached hydrogen (secondary N) is 1. The Hall–Kier alpha value is -3.07. The SMILES string of the molecule is CC[C@H](C(=O)NC(C)C)N(Cc1ccc(Cl)cc1Cl)C(=O)CN(c1cc(C)ccc1C)S(=O)(=O)c1ccc(C)cc1. The maximum Gasteiger partial charge on any atom is 0.264 e. The van der Waals surface area contributed by atoms with Crippen LogP contribution in [0, 0.1) is 20.8 Å². The summed E-state index contributed by atoms with van der Waals surface area (Å²) < 4.78 is 29.3. The Kier molecular flexibility index (Phi) is 10.9. The number of anilines is 1. The van der Waals surface area contributed by atoms with E-state index in [0.717, 1.165) is 15.4 Å². The van der Waals surface area contributed by atoms with E-state index in [2.05, 4.69) is 5.32 Å². The number of aryl methyl sites for hydroxylation is 3. The van der Waals surface area contributed by atoms with Gasteiger partial charge < -0.3 is 10.2 Å². The van der Waals surface area contributed by atoms with Crippen molar-refractivity contribution in [1.29, 1.82) is 0 Å². The van der Waals surface area contributed by atoms with Crippen molar-refractivity contribution >= 4 is 50.7 Å². The Bertz CT molecular complexity index is 1510. The van der Waals surface area contributed by atoms with Crippen LogP contribution < -0.4 is 9.62 Å². The van der Waals surface area contributed by atoms with E-state index >= 15 is 0 Å². The zero-order valence-electron chi connectivity index (χ0n) is 24.2. The largest absolute Gasteiger partial charge is 0.352 e. The van der Waals surface area contributed by atoms with Gasteiger partial charge in [-0.3, -0.25) is 13.9 Å². The van der Waals surface area contributed by atoms with Gasteiger partial charge in [-0.25, -0.2) is 8.42 Å². The summed E-state index contributed by atoms with van der Waals surface area (Å²) in [7, 11) is -4.16. The maximum absolute atomic E-state index is 14.2. The first kappa shape index (κ1) is 32.4. The van der Waals surface area contributed by atoms with Gasteiger partial charge in [-0.2, -0.15) is 0 Å². The molecule has 0 aliphatic carbocycles. The van der Waals surface area contributed by atoms with Crippen LogP contribution in [0.1, 0.15) is 49.4 Å². The number of rotatable bonds is 11. The fourth-order valence-corrected chi connectivity index (χ4v) is 6.41. The third-order valence-electron chi connectivity index (χ3n) is 6.69. The molecule has 0 saturated carbocycles. The van der Waals surface area contributed by atoms with Crippen molar-refractivity contribution in [2.75, 3.05) is 10.8 Å². The van der Waals surface area contributed by atoms with Crippen LogP contribution in [0.15, 0.2) is 65.6 Å². The van der Waals surface area contributed by atoms with Gasteiger partial charge in [0.2, 0.25) is 11.8 Å². The molecule has 0 saturated heterocycles. The highest BCUT2D eigenvalue weighted by Crippen LogP contribution is 2.29. The number of nitrogens with zero attached hydrogens (tertiary/aromatic N) is 2. The molecule has 10 heteroatoms. The first-order chi connectivity index (χ1) is 19.2. The Balaban J connectivity index is 2.13. The number of hydrogen-bond acceptors (Lipinski definition) is 4. The second kappa shape index (κ2) is 13.7. The first-order valence-corrected chi connectivity index (χ1v) is 15.6. The fraction of sp³-hybridized carbons (Fsp3) is 0.355. The molecule has 0 fully saturated rings. The van der Waals surface area contributed by atoms with Gasteiger partial charge in [-0.05, 0) is 88.1 Å². The van der Waals surface area contributed by atoms with Gasteiger partial charge in [0.1, 0.15) is 12.6 Å². The summed E-state index contributed by atoms with van der Waals surface area (Å²) >= 11 is 12.6. The molecule has 2 amide bonds. The minimum atomic E-state index is -4.16. The van der Waals surface area contributed by atoms with E-state index in [9.17, 15) is 18.0 Å². The molecular weight excluding hydrogens is 581 g/mol. The molecular formula is C31H37Cl2N3O4S. The summed E-state index contributed by atoms with van der Waals surface area (Å²) in [6.45, 7) is 10.5. The summed E-state index contributed by atoms with van der Waals surface area (Å²) in [6.07, 6.45) is 0.309. The Morgan fingerprint density at radius 3 is 2.12 bits per heavy atom. The van der Waals surface area contributed by atoms with E-state index in [1.807, 2.05) is 39.8 Å².